The van der Waals surface area contributed by atoms with Crippen molar-refractivity contribution in [1.82, 2.24) is 9.80 Å². The van der Waals surface area contributed by atoms with Crippen LogP contribution in [0.1, 0.15) is 36.0 Å². The molecule has 2 aromatic carbocycles. The highest BCUT2D eigenvalue weighted by Crippen LogP contribution is 2.23. The maximum atomic E-state index is 12.6. The van der Waals surface area contributed by atoms with Gasteiger partial charge in [0, 0.05) is 26.2 Å². The average Bonchev–Trinajstić information content (AvgIpc) is 2.74. The summed E-state index contributed by atoms with van der Waals surface area (Å²) < 4.78 is 0. The monoisotopic (exact) mass is 376 g/mol. The lowest BCUT2D eigenvalue weighted by atomic mass is 9.90. The minimum atomic E-state index is -0.0362. The summed E-state index contributed by atoms with van der Waals surface area (Å²) in [5, 5.41) is 0. The summed E-state index contributed by atoms with van der Waals surface area (Å²) in [5.41, 5.74) is 3.89. The molecule has 1 fully saturated rings. The fraction of sp³-hybridized carbons (Fsp3) is 0.417. The number of rotatable bonds is 4. The van der Waals surface area contributed by atoms with Gasteiger partial charge >= 0.3 is 0 Å². The number of hydrogen-bond acceptors (Lipinski definition) is 2. The highest BCUT2D eigenvalue weighted by atomic mass is 16.2. The van der Waals surface area contributed by atoms with Crippen LogP contribution in [0.25, 0.3) is 0 Å². The Morgan fingerprint density at radius 1 is 0.786 bits per heavy atom. The largest absolute Gasteiger partial charge is 0.342 e. The Kier molecular flexibility index (Phi) is 5.75. The van der Waals surface area contributed by atoms with Gasteiger partial charge in [-0.3, -0.25) is 9.59 Å². The van der Waals surface area contributed by atoms with E-state index in [2.05, 4.69) is 36.4 Å². The summed E-state index contributed by atoms with van der Waals surface area (Å²) in [5.74, 6) is 0.577. The van der Waals surface area contributed by atoms with E-state index in [1.165, 1.54) is 16.7 Å². The number of carbonyl (C=O) groups excluding carboxylic acids is 2. The van der Waals surface area contributed by atoms with E-state index >= 15 is 0 Å². The van der Waals surface area contributed by atoms with Gasteiger partial charge in [-0.25, -0.2) is 0 Å². The number of amides is 2. The Balaban J connectivity index is 1.25. The van der Waals surface area contributed by atoms with Crippen LogP contribution >= 0.6 is 0 Å². The van der Waals surface area contributed by atoms with Gasteiger partial charge in [-0.2, -0.15) is 0 Å². The van der Waals surface area contributed by atoms with Gasteiger partial charge in [-0.05, 0) is 48.3 Å². The summed E-state index contributed by atoms with van der Waals surface area (Å²) in [4.78, 5) is 29.0. The van der Waals surface area contributed by atoms with Crippen LogP contribution in [-0.4, -0.2) is 41.2 Å². The number of carbonyl (C=O) groups is 2. The predicted octanol–water partition coefficient (Wildman–Crippen LogP) is 3.44. The van der Waals surface area contributed by atoms with Crippen molar-refractivity contribution >= 4 is 11.8 Å². The Morgan fingerprint density at radius 3 is 2.18 bits per heavy atom. The molecule has 1 saturated heterocycles. The third kappa shape index (κ3) is 4.44. The standard InChI is InChI=1S/C24H28N2O2/c27-23(17-24(28)26-15-12-21-8-4-5-9-22(21)18-26)25-13-10-20(11-14-25)16-19-6-2-1-3-7-19/h1-9,20H,10-18H2. The number of hydrogen-bond donors (Lipinski definition) is 0. The minimum Gasteiger partial charge on any atom is -0.342 e. The number of nitrogens with zero attached hydrogens (tertiary/aromatic N) is 2. The molecule has 0 N–H and O–H groups in total. The van der Waals surface area contributed by atoms with Crippen molar-refractivity contribution < 1.29 is 9.59 Å². The molecule has 146 valence electrons. The van der Waals surface area contributed by atoms with E-state index in [-0.39, 0.29) is 18.2 Å². The zero-order chi connectivity index (χ0) is 19.3. The second kappa shape index (κ2) is 8.59. The molecule has 0 saturated carbocycles. The minimum absolute atomic E-state index is 0.00548. The summed E-state index contributed by atoms with van der Waals surface area (Å²) in [6.45, 7) is 2.88. The second-order valence-electron chi connectivity index (χ2n) is 8.02. The first-order chi connectivity index (χ1) is 13.7. The molecule has 0 spiro atoms. The fourth-order valence-electron chi connectivity index (χ4n) is 4.40. The van der Waals surface area contributed by atoms with Crippen LogP contribution in [-0.2, 0) is 29.0 Å². The summed E-state index contributed by atoms with van der Waals surface area (Å²) in [6.07, 6.45) is 4.00. The van der Waals surface area contributed by atoms with E-state index in [1.807, 2.05) is 28.0 Å². The first-order valence-corrected chi connectivity index (χ1v) is 10.4. The Morgan fingerprint density at radius 2 is 1.43 bits per heavy atom. The maximum absolute atomic E-state index is 12.6. The van der Waals surface area contributed by atoms with Gasteiger partial charge in [0.05, 0.1) is 0 Å². The molecule has 0 bridgehead atoms. The number of likely N-dealkylation sites (tertiary alicyclic amines) is 1. The molecule has 0 radical (unpaired) electrons. The zero-order valence-corrected chi connectivity index (χ0v) is 16.3. The number of piperidine rings is 1. The summed E-state index contributed by atoms with van der Waals surface area (Å²) in [6, 6.07) is 18.8. The van der Waals surface area contributed by atoms with Gasteiger partial charge in [0.1, 0.15) is 6.42 Å². The van der Waals surface area contributed by atoms with E-state index in [0.717, 1.165) is 38.8 Å². The van der Waals surface area contributed by atoms with Crippen LogP contribution < -0.4 is 0 Å². The van der Waals surface area contributed by atoms with Gasteiger partial charge < -0.3 is 9.80 Å². The van der Waals surface area contributed by atoms with Crippen molar-refractivity contribution in [2.75, 3.05) is 19.6 Å². The summed E-state index contributed by atoms with van der Waals surface area (Å²) >= 11 is 0. The molecule has 0 aromatic heterocycles. The van der Waals surface area contributed by atoms with Crippen molar-refractivity contribution in [3.05, 3.63) is 71.3 Å². The molecule has 0 atom stereocenters. The zero-order valence-electron chi connectivity index (χ0n) is 16.3. The molecule has 0 unspecified atom stereocenters. The molecule has 2 heterocycles. The van der Waals surface area contributed by atoms with E-state index in [0.29, 0.717) is 19.0 Å². The Labute approximate surface area is 167 Å². The molecule has 4 nitrogen and oxygen atoms in total. The quantitative estimate of drug-likeness (QED) is 0.767. The third-order valence-corrected chi connectivity index (χ3v) is 6.12. The summed E-state index contributed by atoms with van der Waals surface area (Å²) in [7, 11) is 0. The second-order valence-corrected chi connectivity index (χ2v) is 8.02. The van der Waals surface area contributed by atoms with Crippen LogP contribution in [0.4, 0.5) is 0 Å². The van der Waals surface area contributed by atoms with Crippen LogP contribution in [0.15, 0.2) is 54.6 Å². The molecular formula is C24H28N2O2. The van der Waals surface area contributed by atoms with Gasteiger partial charge in [-0.15, -0.1) is 0 Å². The van der Waals surface area contributed by atoms with Gasteiger partial charge in [0.15, 0.2) is 0 Å². The number of benzene rings is 2. The lowest BCUT2D eigenvalue weighted by Crippen LogP contribution is -2.43. The number of fused-ring (bicyclic) bond motifs is 1. The highest BCUT2D eigenvalue weighted by Gasteiger charge is 2.27. The van der Waals surface area contributed by atoms with E-state index < -0.39 is 0 Å². The fourth-order valence-corrected chi connectivity index (χ4v) is 4.40. The molecule has 4 rings (SSSR count). The smallest absolute Gasteiger partial charge is 0.232 e. The third-order valence-electron chi connectivity index (χ3n) is 6.12. The van der Waals surface area contributed by atoms with Crippen molar-refractivity contribution in [3.63, 3.8) is 0 Å². The molecule has 2 aliphatic rings. The maximum Gasteiger partial charge on any atom is 0.232 e. The predicted molar refractivity (Wildman–Crippen MR) is 110 cm³/mol. The van der Waals surface area contributed by atoms with Crippen LogP contribution in [0.3, 0.4) is 0 Å². The first kappa shape index (κ1) is 18.7. The van der Waals surface area contributed by atoms with Crippen LogP contribution in [0, 0.1) is 5.92 Å². The topological polar surface area (TPSA) is 40.6 Å². The first-order valence-electron chi connectivity index (χ1n) is 10.4. The van der Waals surface area contributed by atoms with Gasteiger partial charge in [0.2, 0.25) is 11.8 Å². The Bertz CT molecular complexity index is 826. The van der Waals surface area contributed by atoms with Gasteiger partial charge in [0.25, 0.3) is 0 Å². The lowest BCUT2D eigenvalue weighted by Gasteiger charge is -2.33. The normalized spacial score (nSPS) is 17.3. The Hall–Kier alpha value is -2.62. The molecule has 2 amide bonds. The molecule has 28 heavy (non-hydrogen) atoms. The molecule has 2 aromatic rings. The average molecular weight is 377 g/mol. The molecule has 4 heteroatoms. The van der Waals surface area contributed by atoms with Gasteiger partial charge in [-0.1, -0.05) is 54.6 Å². The lowest BCUT2D eigenvalue weighted by molar-refractivity contribution is -0.141. The van der Waals surface area contributed by atoms with E-state index in [4.69, 9.17) is 0 Å². The van der Waals surface area contributed by atoms with Crippen molar-refractivity contribution in [1.29, 1.82) is 0 Å². The van der Waals surface area contributed by atoms with Crippen molar-refractivity contribution in [2.24, 2.45) is 5.92 Å². The van der Waals surface area contributed by atoms with Crippen molar-refractivity contribution in [2.45, 2.75) is 38.6 Å². The van der Waals surface area contributed by atoms with Crippen LogP contribution in [0.2, 0.25) is 0 Å². The SMILES string of the molecule is O=C(CC(=O)N1CCc2ccccc2C1)N1CCC(Cc2ccccc2)CC1. The molecular weight excluding hydrogens is 348 g/mol. The van der Waals surface area contributed by atoms with Crippen LogP contribution in [0.5, 0.6) is 0 Å². The van der Waals surface area contributed by atoms with E-state index in [1.54, 1.807) is 0 Å². The van der Waals surface area contributed by atoms with Crippen molar-refractivity contribution in [3.8, 4) is 0 Å². The molecule has 0 aliphatic carbocycles. The van der Waals surface area contributed by atoms with E-state index in [9.17, 15) is 9.59 Å². The highest BCUT2D eigenvalue weighted by molar-refractivity contribution is 5.97. The molecule has 2 aliphatic heterocycles.